The van der Waals surface area contributed by atoms with Crippen molar-refractivity contribution in [2.24, 2.45) is 0 Å². The van der Waals surface area contributed by atoms with Crippen LogP contribution in [0.4, 0.5) is 0 Å². The zero-order chi connectivity index (χ0) is 27.7. The summed E-state index contributed by atoms with van der Waals surface area (Å²) in [6.45, 7) is 1.52. The van der Waals surface area contributed by atoms with Crippen LogP contribution in [0.1, 0.15) is 35.4 Å². The summed E-state index contributed by atoms with van der Waals surface area (Å²) >= 11 is 0. The molecule has 2 heterocycles. The van der Waals surface area contributed by atoms with Crippen LogP contribution < -0.4 is 33.2 Å². The van der Waals surface area contributed by atoms with Gasteiger partial charge in [0.25, 0.3) is 0 Å². The summed E-state index contributed by atoms with van der Waals surface area (Å²) in [5, 5.41) is 30.8. The molecule has 4 rings (SSSR count). The number of fused-ring (bicyclic) bond motifs is 1. The predicted octanol–water partition coefficient (Wildman–Crippen LogP) is 1.64. The highest BCUT2D eigenvalue weighted by atomic mass is 16.7. The molecular weight excluding hydrogens is 504 g/mol. The van der Waals surface area contributed by atoms with Crippen LogP contribution in [0.5, 0.6) is 40.2 Å². The van der Waals surface area contributed by atoms with Gasteiger partial charge in [-0.15, -0.1) is 0 Å². The molecule has 0 radical (unpaired) electrons. The number of benzene rings is 2. The minimum absolute atomic E-state index is 0.0513. The molecule has 2 aromatic carbocycles. The third-order valence-electron chi connectivity index (χ3n) is 6.61. The number of ether oxygens (including phenoxy) is 8. The molecule has 12 heteroatoms. The fourth-order valence-corrected chi connectivity index (χ4v) is 4.57. The van der Waals surface area contributed by atoms with E-state index in [9.17, 15) is 20.1 Å². The summed E-state index contributed by atoms with van der Waals surface area (Å²) in [4.78, 5) is 13.6. The van der Waals surface area contributed by atoms with E-state index in [1.54, 1.807) is 12.1 Å². The van der Waals surface area contributed by atoms with Crippen LogP contribution in [0.2, 0.25) is 0 Å². The number of aliphatic hydroxyl groups is 3. The molecule has 6 atom stereocenters. The van der Waals surface area contributed by atoms with Gasteiger partial charge in [-0.05, 0) is 19.1 Å². The Hall–Kier alpha value is -3.45. The van der Waals surface area contributed by atoms with Crippen LogP contribution in [-0.2, 0) is 4.74 Å². The Labute approximate surface area is 219 Å². The van der Waals surface area contributed by atoms with Crippen molar-refractivity contribution in [1.29, 1.82) is 0 Å². The van der Waals surface area contributed by atoms with Gasteiger partial charge < -0.3 is 53.2 Å². The summed E-state index contributed by atoms with van der Waals surface area (Å²) in [5.74, 6) is 1.17. The lowest BCUT2D eigenvalue weighted by molar-refractivity contribution is -0.268. The zero-order valence-electron chi connectivity index (χ0n) is 21.9. The second-order valence-electron chi connectivity index (χ2n) is 8.81. The smallest absolute Gasteiger partial charge is 0.229 e. The number of methoxy groups -OCH3 is 5. The van der Waals surface area contributed by atoms with Gasteiger partial charge in [-0.2, -0.15) is 0 Å². The van der Waals surface area contributed by atoms with Gasteiger partial charge >= 0.3 is 0 Å². The van der Waals surface area contributed by atoms with E-state index in [-0.39, 0.29) is 40.8 Å². The van der Waals surface area contributed by atoms with Gasteiger partial charge in [0.15, 0.2) is 28.8 Å². The Morgan fingerprint density at radius 1 is 0.763 bits per heavy atom. The molecule has 12 nitrogen and oxygen atoms in total. The van der Waals surface area contributed by atoms with Gasteiger partial charge in [0, 0.05) is 11.6 Å². The van der Waals surface area contributed by atoms with Gasteiger partial charge in [-0.3, -0.25) is 4.79 Å². The van der Waals surface area contributed by atoms with Crippen LogP contribution >= 0.6 is 0 Å². The summed E-state index contributed by atoms with van der Waals surface area (Å²) in [6.07, 6.45) is -7.55. The Morgan fingerprint density at radius 3 is 1.89 bits per heavy atom. The highest BCUT2D eigenvalue weighted by molar-refractivity contribution is 6.04. The SMILES string of the molecule is COc1cc(C2CC(=O)c3c(cc(OC)c(OC)c3O[C@@H]3O[C@@H](C)[C@H](O)[C@@H](O)[C@H]3O)O2)cc(OC)c1OC. The van der Waals surface area contributed by atoms with Crippen LogP contribution in [0.15, 0.2) is 18.2 Å². The van der Waals surface area contributed by atoms with Crippen LogP contribution in [-0.4, -0.2) is 87.4 Å². The van der Waals surface area contributed by atoms with Crippen molar-refractivity contribution in [2.45, 2.75) is 50.2 Å². The third-order valence-corrected chi connectivity index (χ3v) is 6.61. The Balaban J connectivity index is 1.77. The highest BCUT2D eigenvalue weighted by Crippen LogP contribution is 2.51. The average Bonchev–Trinajstić information content (AvgIpc) is 2.92. The monoisotopic (exact) mass is 536 g/mol. The van der Waals surface area contributed by atoms with E-state index in [1.165, 1.54) is 48.5 Å². The first-order valence-corrected chi connectivity index (χ1v) is 11.8. The number of carbonyl (C=O) groups excluding carboxylic acids is 1. The van der Waals surface area contributed by atoms with Gasteiger partial charge in [0.1, 0.15) is 35.7 Å². The van der Waals surface area contributed by atoms with Gasteiger partial charge in [0.2, 0.25) is 17.8 Å². The molecule has 0 aliphatic carbocycles. The lowest BCUT2D eigenvalue weighted by atomic mass is 9.94. The number of rotatable bonds is 8. The molecular formula is C26H32O12. The maximum absolute atomic E-state index is 13.6. The van der Waals surface area contributed by atoms with Crippen molar-refractivity contribution < 1.29 is 58.0 Å². The van der Waals surface area contributed by atoms with E-state index in [2.05, 4.69) is 0 Å². The van der Waals surface area contributed by atoms with Crippen molar-refractivity contribution >= 4 is 5.78 Å². The molecule has 0 aromatic heterocycles. The molecule has 2 aromatic rings. The van der Waals surface area contributed by atoms with E-state index in [4.69, 9.17) is 37.9 Å². The maximum atomic E-state index is 13.6. The fraction of sp³-hybridized carbons (Fsp3) is 0.500. The molecule has 1 saturated heterocycles. The summed E-state index contributed by atoms with van der Waals surface area (Å²) < 4.78 is 44.9. The molecule has 2 aliphatic rings. The number of hydrogen-bond acceptors (Lipinski definition) is 12. The number of ketones is 1. The molecule has 2 aliphatic heterocycles. The molecule has 38 heavy (non-hydrogen) atoms. The molecule has 0 bridgehead atoms. The Kier molecular flexibility index (Phi) is 8.07. The number of aliphatic hydroxyl groups excluding tert-OH is 3. The van der Waals surface area contributed by atoms with E-state index in [1.807, 2.05) is 0 Å². The second kappa shape index (κ2) is 11.1. The van der Waals surface area contributed by atoms with E-state index < -0.39 is 36.8 Å². The molecule has 1 unspecified atom stereocenters. The highest BCUT2D eigenvalue weighted by Gasteiger charge is 2.45. The molecule has 3 N–H and O–H groups in total. The van der Waals surface area contributed by atoms with Gasteiger partial charge in [0.05, 0.1) is 48.1 Å². The van der Waals surface area contributed by atoms with Crippen molar-refractivity contribution in [3.05, 3.63) is 29.3 Å². The maximum Gasteiger partial charge on any atom is 0.229 e. The Morgan fingerprint density at radius 2 is 1.34 bits per heavy atom. The first-order chi connectivity index (χ1) is 18.2. The second-order valence-corrected chi connectivity index (χ2v) is 8.81. The standard InChI is InChI=1S/C26H32O12/c1-11-20(28)21(29)22(30)26(36-11)38-25-19-13(27)9-14(37-15(19)10-18(33-4)24(25)35-6)12-7-16(31-2)23(34-5)17(8-12)32-3/h7-8,10-11,14,20-22,26,28-30H,9H2,1-6H3/t11-,14?,20-,21+,22+,26-/m0/s1. The van der Waals surface area contributed by atoms with E-state index >= 15 is 0 Å². The lowest BCUT2D eigenvalue weighted by Gasteiger charge is -2.39. The van der Waals surface area contributed by atoms with Crippen LogP contribution in [0, 0.1) is 0 Å². The largest absolute Gasteiger partial charge is 0.493 e. The average molecular weight is 537 g/mol. The minimum Gasteiger partial charge on any atom is -0.493 e. The first kappa shape index (κ1) is 27.6. The first-order valence-electron chi connectivity index (χ1n) is 11.8. The number of Topliss-reactive ketones (excluding diaryl/α,β-unsaturated/α-hetero) is 1. The fourth-order valence-electron chi connectivity index (χ4n) is 4.57. The van der Waals surface area contributed by atoms with Crippen molar-refractivity contribution in [3.8, 4) is 40.2 Å². The number of hydrogen-bond donors (Lipinski definition) is 3. The summed E-state index contributed by atoms with van der Waals surface area (Å²) in [6, 6.07) is 4.90. The van der Waals surface area contributed by atoms with Crippen LogP contribution in [0.3, 0.4) is 0 Å². The molecule has 0 spiro atoms. The topological polar surface area (TPSA) is 152 Å². The Bertz CT molecular complexity index is 1160. The van der Waals surface area contributed by atoms with Crippen molar-refractivity contribution in [1.82, 2.24) is 0 Å². The van der Waals surface area contributed by atoms with E-state index in [0.717, 1.165) is 0 Å². The molecule has 0 amide bonds. The third kappa shape index (κ3) is 4.75. The zero-order valence-corrected chi connectivity index (χ0v) is 21.9. The van der Waals surface area contributed by atoms with Gasteiger partial charge in [-0.25, -0.2) is 0 Å². The summed E-state index contributed by atoms with van der Waals surface area (Å²) in [7, 11) is 7.24. The van der Waals surface area contributed by atoms with Crippen LogP contribution in [0.25, 0.3) is 0 Å². The molecule has 208 valence electrons. The van der Waals surface area contributed by atoms with Gasteiger partial charge in [-0.1, -0.05) is 0 Å². The van der Waals surface area contributed by atoms with E-state index in [0.29, 0.717) is 22.8 Å². The predicted molar refractivity (Wildman–Crippen MR) is 131 cm³/mol. The normalized spacial score (nSPS) is 26.6. The lowest BCUT2D eigenvalue weighted by Crippen LogP contribution is -2.58. The van der Waals surface area contributed by atoms with Crippen molar-refractivity contribution in [2.75, 3.05) is 35.5 Å². The summed E-state index contributed by atoms with van der Waals surface area (Å²) in [5.41, 5.74) is 0.656. The minimum atomic E-state index is -1.61. The molecule has 1 fully saturated rings. The molecule has 0 saturated carbocycles. The van der Waals surface area contributed by atoms with Crippen molar-refractivity contribution in [3.63, 3.8) is 0 Å². The quantitative estimate of drug-likeness (QED) is 0.450. The number of carbonyl (C=O) groups is 1.